The summed E-state index contributed by atoms with van der Waals surface area (Å²) < 4.78 is 28.3. The highest BCUT2D eigenvalue weighted by molar-refractivity contribution is 7.89. The zero-order chi connectivity index (χ0) is 23.0. The number of piperazine rings is 1. The number of β-amino-alcohol motifs (C(OH)–C–C–N with tert-alkyl or cyclic N) is 1. The summed E-state index contributed by atoms with van der Waals surface area (Å²) in [6.45, 7) is 9.19. The quantitative estimate of drug-likeness (QED) is 0.468. The number of hydrogen-bond donors (Lipinski definition) is 1. The van der Waals surface area contributed by atoms with Crippen LogP contribution in [-0.4, -0.2) is 86.6 Å². The van der Waals surface area contributed by atoms with Gasteiger partial charge in [-0.2, -0.15) is 4.31 Å². The first-order chi connectivity index (χ1) is 15.5. The SMILES string of the molecule is CCN(CCCCCCN1CCN(CCO)CC1)S(=O)(=O)c1cccc2c(Cl)cccc12. The minimum atomic E-state index is -3.57. The van der Waals surface area contributed by atoms with Crippen LogP contribution in [0.2, 0.25) is 5.02 Å². The van der Waals surface area contributed by atoms with Crippen LogP contribution in [0.25, 0.3) is 10.8 Å². The number of halogens is 1. The first-order valence-corrected chi connectivity index (χ1v) is 13.5. The van der Waals surface area contributed by atoms with Gasteiger partial charge in [0.05, 0.1) is 11.5 Å². The number of nitrogens with zero attached hydrogens (tertiary/aromatic N) is 3. The van der Waals surface area contributed by atoms with Gasteiger partial charge in [-0.05, 0) is 31.5 Å². The topological polar surface area (TPSA) is 64.1 Å². The molecule has 3 rings (SSSR count). The van der Waals surface area contributed by atoms with Gasteiger partial charge >= 0.3 is 0 Å². The van der Waals surface area contributed by atoms with E-state index in [2.05, 4.69) is 9.80 Å². The monoisotopic (exact) mass is 481 g/mol. The summed E-state index contributed by atoms with van der Waals surface area (Å²) >= 11 is 6.28. The zero-order valence-corrected chi connectivity index (χ0v) is 20.6. The number of rotatable bonds is 12. The minimum absolute atomic E-state index is 0.235. The second-order valence-electron chi connectivity index (χ2n) is 8.41. The summed E-state index contributed by atoms with van der Waals surface area (Å²) in [5, 5.41) is 11.0. The van der Waals surface area contributed by atoms with Gasteiger partial charge in [-0.3, -0.25) is 4.90 Å². The number of sulfonamides is 1. The van der Waals surface area contributed by atoms with E-state index in [0.717, 1.165) is 70.3 Å². The zero-order valence-electron chi connectivity index (χ0n) is 19.0. The largest absolute Gasteiger partial charge is 0.395 e. The third kappa shape index (κ3) is 6.43. The first-order valence-electron chi connectivity index (χ1n) is 11.7. The van der Waals surface area contributed by atoms with Gasteiger partial charge in [0.15, 0.2) is 0 Å². The van der Waals surface area contributed by atoms with Gasteiger partial charge in [0, 0.05) is 61.6 Å². The van der Waals surface area contributed by atoms with E-state index in [1.807, 2.05) is 19.1 Å². The van der Waals surface area contributed by atoms with Crippen molar-refractivity contribution in [3.05, 3.63) is 41.4 Å². The first kappa shape index (κ1) is 25.4. The van der Waals surface area contributed by atoms with E-state index in [1.165, 1.54) is 0 Å². The van der Waals surface area contributed by atoms with Gasteiger partial charge in [-0.1, -0.05) is 55.6 Å². The molecule has 0 atom stereocenters. The van der Waals surface area contributed by atoms with Crippen LogP contribution in [0.1, 0.15) is 32.6 Å². The van der Waals surface area contributed by atoms with Gasteiger partial charge in [-0.15, -0.1) is 0 Å². The lowest BCUT2D eigenvalue weighted by atomic mass is 10.1. The Bertz CT molecular complexity index is 962. The second kappa shape index (κ2) is 12.3. The molecular weight excluding hydrogens is 446 g/mol. The van der Waals surface area contributed by atoms with Crippen LogP contribution in [0.3, 0.4) is 0 Å². The van der Waals surface area contributed by atoms with Crippen molar-refractivity contribution in [3.63, 3.8) is 0 Å². The summed E-state index contributed by atoms with van der Waals surface area (Å²) in [4.78, 5) is 5.13. The van der Waals surface area contributed by atoms with Gasteiger partial charge in [0.2, 0.25) is 10.0 Å². The standard InChI is InChI=1S/C24H36ClN3O3S/c1-2-28(14-6-4-3-5-13-26-15-17-27(18-16-26)19-20-29)32(30,31)24-12-8-9-21-22(24)10-7-11-23(21)25/h7-12,29H,2-6,13-20H2,1H3. The maximum absolute atomic E-state index is 13.3. The smallest absolute Gasteiger partial charge is 0.243 e. The molecule has 0 radical (unpaired) electrons. The minimum Gasteiger partial charge on any atom is -0.395 e. The Hall–Kier alpha value is -1.22. The highest BCUT2D eigenvalue weighted by Crippen LogP contribution is 2.30. The average Bonchev–Trinajstić information content (AvgIpc) is 2.79. The van der Waals surface area contributed by atoms with Crippen molar-refractivity contribution in [3.8, 4) is 0 Å². The lowest BCUT2D eigenvalue weighted by molar-refractivity contribution is 0.111. The summed E-state index contributed by atoms with van der Waals surface area (Å²) in [7, 11) is -3.57. The van der Waals surface area contributed by atoms with Crippen molar-refractivity contribution < 1.29 is 13.5 Å². The molecule has 2 aromatic carbocycles. The Morgan fingerprint density at radius 2 is 1.53 bits per heavy atom. The van der Waals surface area contributed by atoms with Crippen molar-refractivity contribution in [1.82, 2.24) is 14.1 Å². The fourth-order valence-corrected chi connectivity index (χ4v) is 6.34. The predicted molar refractivity (Wildman–Crippen MR) is 132 cm³/mol. The van der Waals surface area contributed by atoms with Gasteiger partial charge in [0.25, 0.3) is 0 Å². The lowest BCUT2D eigenvalue weighted by Crippen LogP contribution is -2.47. The molecule has 178 valence electrons. The molecule has 1 N–H and O–H groups in total. The van der Waals surface area contributed by atoms with Crippen molar-refractivity contribution in [2.24, 2.45) is 0 Å². The fraction of sp³-hybridized carbons (Fsp3) is 0.583. The summed E-state index contributed by atoms with van der Waals surface area (Å²) in [5.41, 5.74) is 0. The van der Waals surface area contributed by atoms with E-state index in [0.29, 0.717) is 28.4 Å². The summed E-state index contributed by atoms with van der Waals surface area (Å²) in [6.07, 6.45) is 4.14. The Morgan fingerprint density at radius 1 is 0.906 bits per heavy atom. The fourth-order valence-electron chi connectivity index (χ4n) is 4.41. The molecule has 6 nitrogen and oxygen atoms in total. The molecule has 0 bridgehead atoms. The molecule has 0 aliphatic carbocycles. The summed E-state index contributed by atoms with van der Waals surface area (Å²) in [5.74, 6) is 0. The van der Waals surface area contributed by atoms with E-state index in [9.17, 15) is 8.42 Å². The van der Waals surface area contributed by atoms with Crippen molar-refractivity contribution in [2.45, 2.75) is 37.5 Å². The molecule has 0 amide bonds. The molecule has 0 aromatic heterocycles. The van der Waals surface area contributed by atoms with Crippen molar-refractivity contribution >= 4 is 32.4 Å². The number of aliphatic hydroxyl groups excluding tert-OH is 1. The van der Waals surface area contributed by atoms with E-state index in [4.69, 9.17) is 16.7 Å². The van der Waals surface area contributed by atoms with Crippen LogP contribution in [-0.2, 0) is 10.0 Å². The predicted octanol–water partition coefficient (Wildman–Crippen LogP) is 3.67. The number of benzene rings is 2. The lowest BCUT2D eigenvalue weighted by Gasteiger charge is -2.34. The van der Waals surface area contributed by atoms with E-state index >= 15 is 0 Å². The molecule has 1 fully saturated rings. The molecule has 1 aliphatic heterocycles. The summed E-state index contributed by atoms with van der Waals surface area (Å²) in [6, 6.07) is 10.7. The number of hydrogen-bond acceptors (Lipinski definition) is 5. The van der Waals surface area contributed by atoms with Crippen LogP contribution >= 0.6 is 11.6 Å². The Balaban J connectivity index is 1.46. The molecule has 1 saturated heterocycles. The van der Waals surface area contributed by atoms with Gasteiger partial charge < -0.3 is 10.0 Å². The van der Waals surface area contributed by atoms with Crippen LogP contribution in [0, 0.1) is 0 Å². The molecule has 0 spiro atoms. The third-order valence-electron chi connectivity index (χ3n) is 6.31. The van der Waals surface area contributed by atoms with E-state index in [-0.39, 0.29) is 6.61 Å². The molecule has 1 heterocycles. The van der Waals surface area contributed by atoms with E-state index in [1.54, 1.807) is 28.6 Å². The highest BCUT2D eigenvalue weighted by Gasteiger charge is 2.25. The van der Waals surface area contributed by atoms with Crippen molar-refractivity contribution in [1.29, 1.82) is 0 Å². The normalized spacial score (nSPS) is 16.2. The Morgan fingerprint density at radius 3 is 2.22 bits per heavy atom. The Labute approximate surface area is 197 Å². The Kier molecular flexibility index (Phi) is 9.77. The highest BCUT2D eigenvalue weighted by atomic mass is 35.5. The van der Waals surface area contributed by atoms with Crippen molar-refractivity contribution in [2.75, 3.05) is 59.0 Å². The van der Waals surface area contributed by atoms with Gasteiger partial charge in [0.1, 0.15) is 0 Å². The maximum Gasteiger partial charge on any atom is 0.243 e. The number of fused-ring (bicyclic) bond motifs is 1. The number of aliphatic hydroxyl groups is 1. The van der Waals surface area contributed by atoms with Crippen LogP contribution in [0.5, 0.6) is 0 Å². The third-order valence-corrected chi connectivity index (χ3v) is 8.67. The molecule has 0 unspecified atom stereocenters. The molecule has 2 aromatic rings. The molecule has 0 saturated carbocycles. The molecule has 1 aliphatic rings. The molecule has 8 heteroatoms. The molecule has 32 heavy (non-hydrogen) atoms. The van der Waals surface area contributed by atoms with Crippen LogP contribution < -0.4 is 0 Å². The molecular formula is C24H36ClN3O3S. The van der Waals surface area contributed by atoms with Crippen LogP contribution in [0.15, 0.2) is 41.3 Å². The average molecular weight is 482 g/mol. The van der Waals surface area contributed by atoms with Crippen LogP contribution in [0.4, 0.5) is 0 Å². The van der Waals surface area contributed by atoms with E-state index < -0.39 is 10.0 Å². The second-order valence-corrected chi connectivity index (χ2v) is 10.7. The van der Waals surface area contributed by atoms with Gasteiger partial charge in [-0.25, -0.2) is 8.42 Å². The number of unbranched alkanes of at least 4 members (excludes halogenated alkanes) is 3. The maximum atomic E-state index is 13.3.